The highest BCUT2D eigenvalue weighted by Gasteiger charge is 2.25. The second-order valence-corrected chi connectivity index (χ2v) is 4.90. The molecule has 0 radical (unpaired) electrons. The van der Waals surface area contributed by atoms with E-state index in [1.165, 1.54) is 11.1 Å². The molecule has 0 atom stereocenters. The number of aryl methyl sites for hydroxylation is 1. The van der Waals surface area contributed by atoms with E-state index in [0.717, 1.165) is 25.0 Å². The number of rotatable bonds is 6. The maximum atomic E-state index is 9.27. The van der Waals surface area contributed by atoms with Crippen LogP contribution in [-0.2, 0) is 0 Å². The first-order valence-corrected chi connectivity index (χ1v) is 6.69. The Hall–Kier alpha value is -1.49. The van der Waals surface area contributed by atoms with Crippen LogP contribution in [0.1, 0.15) is 44.2 Å². The van der Waals surface area contributed by atoms with Crippen molar-refractivity contribution >= 4 is 0 Å². The highest BCUT2D eigenvalue weighted by atomic mass is 16.5. The molecule has 2 nitrogen and oxygen atoms in total. The third-order valence-electron chi connectivity index (χ3n) is 3.98. The molecule has 2 heteroatoms. The third kappa shape index (κ3) is 3.26. The van der Waals surface area contributed by atoms with Gasteiger partial charge in [-0.3, -0.25) is 0 Å². The Balaban J connectivity index is 2.62. The third-order valence-corrected chi connectivity index (χ3v) is 3.98. The Bertz CT molecular complexity index is 427. The lowest BCUT2D eigenvalue weighted by atomic mass is 9.81. The Morgan fingerprint density at radius 2 is 1.89 bits per heavy atom. The number of nitriles is 1. The van der Waals surface area contributed by atoms with Gasteiger partial charge in [0, 0.05) is 6.42 Å². The van der Waals surface area contributed by atoms with Crippen molar-refractivity contribution in [2.75, 3.05) is 6.61 Å². The van der Waals surface area contributed by atoms with Crippen LogP contribution < -0.4 is 4.74 Å². The minimum atomic E-state index is -0.224. The van der Waals surface area contributed by atoms with E-state index >= 15 is 0 Å². The van der Waals surface area contributed by atoms with Gasteiger partial charge in [0.1, 0.15) is 5.75 Å². The first kappa shape index (κ1) is 14.6. The monoisotopic (exact) mass is 245 g/mol. The van der Waals surface area contributed by atoms with Crippen LogP contribution in [-0.4, -0.2) is 6.61 Å². The predicted molar refractivity (Wildman–Crippen MR) is 74.7 cm³/mol. The fourth-order valence-electron chi connectivity index (χ4n) is 2.05. The van der Waals surface area contributed by atoms with Crippen molar-refractivity contribution in [3.8, 4) is 11.8 Å². The van der Waals surface area contributed by atoms with E-state index in [2.05, 4.69) is 39.8 Å². The summed E-state index contributed by atoms with van der Waals surface area (Å²) < 4.78 is 5.83. The molecule has 0 bridgehead atoms. The molecule has 1 aromatic rings. The zero-order valence-electron chi connectivity index (χ0n) is 11.9. The summed E-state index contributed by atoms with van der Waals surface area (Å²) in [5.74, 6) is 0.939. The Morgan fingerprint density at radius 1 is 1.22 bits per heavy atom. The van der Waals surface area contributed by atoms with E-state index in [1.807, 2.05) is 12.1 Å². The second-order valence-electron chi connectivity index (χ2n) is 4.90. The van der Waals surface area contributed by atoms with Crippen molar-refractivity contribution in [1.82, 2.24) is 0 Å². The number of ether oxygens (including phenoxy) is 1. The van der Waals surface area contributed by atoms with E-state index in [-0.39, 0.29) is 5.41 Å². The van der Waals surface area contributed by atoms with Crippen molar-refractivity contribution in [3.63, 3.8) is 0 Å². The molecule has 0 spiro atoms. The molecule has 0 aromatic heterocycles. The molecule has 0 unspecified atom stereocenters. The van der Waals surface area contributed by atoms with E-state index in [4.69, 9.17) is 4.74 Å². The number of hydrogen-bond donors (Lipinski definition) is 0. The lowest BCUT2D eigenvalue weighted by Crippen LogP contribution is -2.20. The quantitative estimate of drug-likeness (QED) is 0.744. The van der Waals surface area contributed by atoms with Gasteiger partial charge in [-0.1, -0.05) is 26.0 Å². The molecule has 1 rings (SSSR count). The lowest BCUT2D eigenvalue weighted by Gasteiger charge is -2.23. The molecule has 0 fully saturated rings. The fraction of sp³-hybridized carbons (Fsp3) is 0.562. The minimum Gasteiger partial charge on any atom is -0.493 e. The maximum absolute atomic E-state index is 9.27. The smallest absolute Gasteiger partial charge is 0.122 e. The summed E-state index contributed by atoms with van der Waals surface area (Å²) in [4.78, 5) is 0. The molecule has 0 N–H and O–H groups in total. The van der Waals surface area contributed by atoms with Gasteiger partial charge < -0.3 is 4.74 Å². The SMILES string of the molecule is CCC(C#N)(CC)CCOc1cccc(C)c1C. The molecular formula is C16H23NO. The van der Waals surface area contributed by atoms with Gasteiger partial charge in [-0.2, -0.15) is 5.26 Å². The van der Waals surface area contributed by atoms with Crippen molar-refractivity contribution in [1.29, 1.82) is 5.26 Å². The summed E-state index contributed by atoms with van der Waals surface area (Å²) in [6, 6.07) is 8.53. The van der Waals surface area contributed by atoms with Crippen molar-refractivity contribution < 1.29 is 4.74 Å². The normalized spacial score (nSPS) is 11.1. The van der Waals surface area contributed by atoms with Crippen LogP contribution in [0.3, 0.4) is 0 Å². The topological polar surface area (TPSA) is 33.0 Å². The average molecular weight is 245 g/mol. The second kappa shape index (κ2) is 6.44. The van der Waals surface area contributed by atoms with E-state index in [9.17, 15) is 5.26 Å². The van der Waals surface area contributed by atoms with Gasteiger partial charge in [0.2, 0.25) is 0 Å². The van der Waals surface area contributed by atoms with Crippen LogP contribution in [0.5, 0.6) is 5.75 Å². The van der Waals surface area contributed by atoms with Gasteiger partial charge in [0.25, 0.3) is 0 Å². The van der Waals surface area contributed by atoms with Gasteiger partial charge >= 0.3 is 0 Å². The molecule has 0 saturated heterocycles. The van der Waals surface area contributed by atoms with Crippen LogP contribution in [0.4, 0.5) is 0 Å². The number of hydrogen-bond acceptors (Lipinski definition) is 2. The first-order chi connectivity index (χ1) is 8.58. The van der Waals surface area contributed by atoms with Crippen LogP contribution in [0.25, 0.3) is 0 Å². The van der Waals surface area contributed by atoms with Crippen LogP contribution in [0.2, 0.25) is 0 Å². The largest absolute Gasteiger partial charge is 0.493 e. The summed E-state index contributed by atoms with van der Waals surface area (Å²) in [7, 11) is 0. The highest BCUT2D eigenvalue weighted by molar-refractivity contribution is 5.38. The fourth-order valence-corrected chi connectivity index (χ4v) is 2.05. The molecule has 1 aromatic carbocycles. The summed E-state index contributed by atoms with van der Waals surface area (Å²) >= 11 is 0. The van der Waals surface area contributed by atoms with E-state index in [0.29, 0.717) is 6.61 Å². The Labute approximate surface area is 111 Å². The molecule has 0 aliphatic carbocycles. The minimum absolute atomic E-state index is 0.224. The zero-order valence-corrected chi connectivity index (χ0v) is 11.9. The van der Waals surface area contributed by atoms with Crippen LogP contribution in [0.15, 0.2) is 18.2 Å². The number of benzene rings is 1. The molecule has 0 amide bonds. The summed E-state index contributed by atoms with van der Waals surface area (Å²) in [6.45, 7) is 8.91. The highest BCUT2D eigenvalue weighted by Crippen LogP contribution is 2.30. The standard InChI is InChI=1S/C16H23NO/c1-5-16(6-2,12-17)10-11-18-15-9-7-8-13(3)14(15)4/h7-9H,5-6,10-11H2,1-4H3. The van der Waals surface area contributed by atoms with Crippen LogP contribution in [0, 0.1) is 30.6 Å². The van der Waals surface area contributed by atoms with Crippen molar-refractivity contribution in [2.45, 2.75) is 47.0 Å². The van der Waals surface area contributed by atoms with Gasteiger partial charge in [-0.25, -0.2) is 0 Å². The molecule has 18 heavy (non-hydrogen) atoms. The molecular weight excluding hydrogens is 222 g/mol. The Kier molecular flexibility index (Phi) is 5.22. The number of nitrogens with zero attached hydrogens (tertiary/aromatic N) is 1. The average Bonchev–Trinajstić information content (AvgIpc) is 2.40. The molecule has 98 valence electrons. The summed E-state index contributed by atoms with van der Waals surface area (Å²) in [5.41, 5.74) is 2.20. The maximum Gasteiger partial charge on any atom is 0.122 e. The van der Waals surface area contributed by atoms with Gasteiger partial charge in [0.15, 0.2) is 0 Å². The van der Waals surface area contributed by atoms with E-state index in [1.54, 1.807) is 0 Å². The zero-order chi connectivity index (χ0) is 13.6. The summed E-state index contributed by atoms with van der Waals surface area (Å²) in [6.07, 6.45) is 2.57. The summed E-state index contributed by atoms with van der Waals surface area (Å²) in [5, 5.41) is 9.27. The first-order valence-electron chi connectivity index (χ1n) is 6.69. The molecule has 0 heterocycles. The molecule has 0 aliphatic rings. The molecule has 0 aliphatic heterocycles. The van der Waals surface area contributed by atoms with E-state index < -0.39 is 0 Å². The van der Waals surface area contributed by atoms with Crippen molar-refractivity contribution in [3.05, 3.63) is 29.3 Å². The van der Waals surface area contributed by atoms with Gasteiger partial charge in [0.05, 0.1) is 18.1 Å². The van der Waals surface area contributed by atoms with Crippen molar-refractivity contribution in [2.24, 2.45) is 5.41 Å². The van der Waals surface area contributed by atoms with Gasteiger partial charge in [-0.15, -0.1) is 0 Å². The Morgan fingerprint density at radius 3 is 2.44 bits per heavy atom. The lowest BCUT2D eigenvalue weighted by molar-refractivity contribution is 0.230. The molecule has 0 saturated carbocycles. The van der Waals surface area contributed by atoms with Crippen LogP contribution >= 0.6 is 0 Å². The van der Waals surface area contributed by atoms with Gasteiger partial charge in [-0.05, 0) is 43.9 Å². The predicted octanol–water partition coefficient (Wildman–Crippen LogP) is 4.40.